The molecule has 0 saturated carbocycles. The number of carbonyl (C=O) groups excluding carboxylic acids is 1. The average molecular weight is 355 g/mol. The second kappa shape index (κ2) is 4.95. The van der Waals surface area contributed by atoms with Crippen LogP contribution in [0.4, 0.5) is 0 Å². The molecule has 0 saturated heterocycles. The van der Waals surface area contributed by atoms with Gasteiger partial charge < -0.3 is 4.74 Å². The van der Waals surface area contributed by atoms with Gasteiger partial charge >= 0.3 is 0 Å². The number of benzene rings is 1. The molecule has 0 atom stereocenters. The van der Waals surface area contributed by atoms with Crippen LogP contribution in [0.2, 0.25) is 0 Å². The van der Waals surface area contributed by atoms with E-state index in [9.17, 15) is 4.79 Å². The summed E-state index contributed by atoms with van der Waals surface area (Å²) in [6.07, 6.45) is 0. The summed E-state index contributed by atoms with van der Waals surface area (Å²) in [6, 6.07) is 5.69. The lowest BCUT2D eigenvalue weighted by molar-refractivity contribution is -0.118. The fraction of sp³-hybridized carbons (Fsp3) is 0.222. The van der Waals surface area contributed by atoms with E-state index in [0.29, 0.717) is 5.75 Å². The van der Waals surface area contributed by atoms with Crippen LogP contribution in [0.3, 0.4) is 0 Å². The molecule has 1 rings (SSSR count). The Hall–Kier alpha value is -0.100. The highest BCUT2D eigenvalue weighted by Gasteiger charge is 1.99. The molecule has 0 aliphatic rings. The number of rotatable bonds is 3. The second-order valence-corrected chi connectivity index (χ2v) is 4.76. The van der Waals surface area contributed by atoms with Crippen molar-refractivity contribution in [3.05, 3.63) is 26.2 Å². The molecular formula is C9H8BrIO2. The smallest absolute Gasteiger partial charge is 0.167 e. The number of ketones is 1. The molecule has 2 nitrogen and oxygen atoms in total. The van der Waals surface area contributed by atoms with Crippen LogP contribution in [0.15, 0.2) is 22.7 Å². The van der Waals surface area contributed by atoms with Crippen molar-refractivity contribution in [2.24, 2.45) is 0 Å². The zero-order valence-corrected chi connectivity index (χ0v) is 10.8. The van der Waals surface area contributed by atoms with E-state index in [4.69, 9.17) is 4.74 Å². The summed E-state index contributed by atoms with van der Waals surface area (Å²) in [5.41, 5.74) is 0. The summed E-state index contributed by atoms with van der Waals surface area (Å²) in [5, 5.41) is 0. The highest BCUT2D eigenvalue weighted by molar-refractivity contribution is 14.1. The normalized spacial score (nSPS) is 9.77. The van der Waals surface area contributed by atoms with Crippen LogP contribution in [0.5, 0.6) is 5.75 Å². The Morgan fingerprint density at radius 1 is 1.54 bits per heavy atom. The molecule has 70 valence electrons. The molecule has 13 heavy (non-hydrogen) atoms. The Morgan fingerprint density at radius 2 is 2.23 bits per heavy atom. The quantitative estimate of drug-likeness (QED) is 0.780. The van der Waals surface area contributed by atoms with E-state index in [1.807, 2.05) is 18.2 Å². The van der Waals surface area contributed by atoms with Gasteiger partial charge in [0.15, 0.2) is 5.78 Å². The van der Waals surface area contributed by atoms with E-state index in [0.717, 1.165) is 8.04 Å². The minimum atomic E-state index is 0.0231. The molecule has 0 bridgehead atoms. The van der Waals surface area contributed by atoms with E-state index in [-0.39, 0.29) is 12.4 Å². The summed E-state index contributed by atoms with van der Waals surface area (Å²) in [6.45, 7) is 1.63. The SMILES string of the molecule is CC(=O)COc1cc(Br)cc(I)c1. The Balaban J connectivity index is 2.71. The summed E-state index contributed by atoms with van der Waals surface area (Å²) < 4.78 is 7.28. The number of hydrogen-bond acceptors (Lipinski definition) is 2. The van der Waals surface area contributed by atoms with Gasteiger partial charge in [-0.3, -0.25) is 4.79 Å². The van der Waals surface area contributed by atoms with Gasteiger partial charge in [0.25, 0.3) is 0 Å². The van der Waals surface area contributed by atoms with Gasteiger partial charge in [-0.2, -0.15) is 0 Å². The standard InChI is InChI=1S/C9H8BrIO2/c1-6(12)5-13-9-3-7(10)2-8(11)4-9/h2-4H,5H2,1H3. The predicted octanol–water partition coefficient (Wildman–Crippen LogP) is 3.02. The summed E-state index contributed by atoms with van der Waals surface area (Å²) in [5.74, 6) is 0.740. The molecule has 4 heteroatoms. The number of ether oxygens (including phenoxy) is 1. The highest BCUT2D eigenvalue weighted by Crippen LogP contribution is 2.22. The van der Waals surface area contributed by atoms with Crippen molar-refractivity contribution in [1.82, 2.24) is 0 Å². The molecule has 0 aromatic heterocycles. The van der Waals surface area contributed by atoms with Crippen molar-refractivity contribution in [2.75, 3.05) is 6.61 Å². The summed E-state index contributed by atoms with van der Waals surface area (Å²) in [4.78, 5) is 10.6. The fourth-order valence-corrected chi connectivity index (χ4v) is 2.34. The summed E-state index contributed by atoms with van der Waals surface area (Å²) in [7, 11) is 0. The first-order valence-electron chi connectivity index (χ1n) is 3.66. The third-order valence-electron chi connectivity index (χ3n) is 1.28. The molecule has 0 fully saturated rings. The van der Waals surface area contributed by atoms with Crippen LogP contribution < -0.4 is 4.74 Å². The minimum absolute atomic E-state index is 0.0231. The molecule has 0 aliphatic heterocycles. The van der Waals surface area contributed by atoms with Crippen LogP contribution in [-0.2, 0) is 4.79 Å². The monoisotopic (exact) mass is 354 g/mol. The zero-order valence-electron chi connectivity index (χ0n) is 7.01. The van der Waals surface area contributed by atoms with Gasteiger partial charge in [0.05, 0.1) is 0 Å². The highest BCUT2D eigenvalue weighted by atomic mass is 127. The first-order valence-corrected chi connectivity index (χ1v) is 5.53. The van der Waals surface area contributed by atoms with E-state index in [2.05, 4.69) is 38.5 Å². The van der Waals surface area contributed by atoms with Gasteiger partial charge in [-0.25, -0.2) is 0 Å². The second-order valence-electron chi connectivity index (χ2n) is 2.60. The topological polar surface area (TPSA) is 26.3 Å². The van der Waals surface area contributed by atoms with Crippen LogP contribution in [0.1, 0.15) is 6.92 Å². The van der Waals surface area contributed by atoms with Gasteiger partial charge in [0, 0.05) is 8.04 Å². The van der Waals surface area contributed by atoms with Crippen LogP contribution in [-0.4, -0.2) is 12.4 Å². The molecule has 0 heterocycles. The molecule has 0 spiro atoms. The maximum atomic E-state index is 10.6. The number of carbonyl (C=O) groups is 1. The molecule has 0 amide bonds. The lowest BCUT2D eigenvalue weighted by Gasteiger charge is -2.04. The summed E-state index contributed by atoms with van der Waals surface area (Å²) >= 11 is 5.54. The Kier molecular flexibility index (Phi) is 4.18. The van der Waals surface area contributed by atoms with Crippen molar-refractivity contribution in [3.63, 3.8) is 0 Å². The maximum Gasteiger partial charge on any atom is 0.167 e. The third kappa shape index (κ3) is 4.08. The first-order chi connectivity index (χ1) is 6.08. The van der Waals surface area contributed by atoms with E-state index >= 15 is 0 Å². The lowest BCUT2D eigenvalue weighted by atomic mass is 10.3. The van der Waals surface area contributed by atoms with E-state index in [1.165, 1.54) is 6.92 Å². The van der Waals surface area contributed by atoms with Crippen LogP contribution >= 0.6 is 38.5 Å². The van der Waals surface area contributed by atoms with E-state index < -0.39 is 0 Å². The van der Waals surface area contributed by atoms with Crippen LogP contribution in [0, 0.1) is 3.57 Å². The third-order valence-corrected chi connectivity index (χ3v) is 2.36. The zero-order chi connectivity index (χ0) is 9.84. The lowest BCUT2D eigenvalue weighted by Crippen LogP contribution is -2.06. The van der Waals surface area contributed by atoms with Gasteiger partial charge in [0.1, 0.15) is 12.4 Å². The van der Waals surface area contributed by atoms with Crippen molar-refractivity contribution < 1.29 is 9.53 Å². The van der Waals surface area contributed by atoms with Crippen molar-refractivity contribution in [1.29, 1.82) is 0 Å². The number of halogens is 2. The number of hydrogen-bond donors (Lipinski definition) is 0. The molecule has 0 aliphatic carbocycles. The van der Waals surface area contributed by atoms with Crippen molar-refractivity contribution in [3.8, 4) is 5.75 Å². The molecule has 1 aromatic rings. The van der Waals surface area contributed by atoms with E-state index in [1.54, 1.807) is 0 Å². The van der Waals surface area contributed by atoms with Gasteiger partial charge in [-0.05, 0) is 47.7 Å². The van der Waals surface area contributed by atoms with Gasteiger partial charge in [-0.15, -0.1) is 0 Å². The molecule has 0 unspecified atom stereocenters. The van der Waals surface area contributed by atoms with Crippen molar-refractivity contribution in [2.45, 2.75) is 6.92 Å². The van der Waals surface area contributed by atoms with Gasteiger partial charge in [-0.1, -0.05) is 15.9 Å². The first kappa shape index (κ1) is 11.0. The molecule has 0 radical (unpaired) electrons. The van der Waals surface area contributed by atoms with Crippen molar-refractivity contribution >= 4 is 44.3 Å². The molecular weight excluding hydrogens is 347 g/mol. The fourth-order valence-electron chi connectivity index (χ4n) is 0.797. The maximum absolute atomic E-state index is 10.6. The Labute approximate surface area is 98.9 Å². The Morgan fingerprint density at radius 3 is 2.77 bits per heavy atom. The average Bonchev–Trinajstić information content (AvgIpc) is 1.99. The number of Topliss-reactive ketones (excluding diaryl/α,β-unsaturated/α-hetero) is 1. The van der Waals surface area contributed by atoms with Gasteiger partial charge in [0.2, 0.25) is 0 Å². The molecule has 0 N–H and O–H groups in total. The largest absolute Gasteiger partial charge is 0.486 e. The molecule has 1 aromatic carbocycles. The minimum Gasteiger partial charge on any atom is -0.486 e. The van der Waals surface area contributed by atoms with Crippen LogP contribution in [0.25, 0.3) is 0 Å². The predicted molar refractivity (Wildman–Crippen MR) is 63.0 cm³/mol. The Bertz CT molecular complexity index is 305.